The van der Waals surface area contributed by atoms with Gasteiger partial charge in [-0.3, -0.25) is 9.48 Å². The van der Waals surface area contributed by atoms with Crippen LogP contribution in [0.15, 0.2) is 42.7 Å². The third-order valence-electron chi connectivity index (χ3n) is 4.49. The molecule has 0 bridgehead atoms. The molecule has 0 saturated carbocycles. The van der Waals surface area contributed by atoms with Crippen molar-refractivity contribution in [3.05, 3.63) is 59.5 Å². The Bertz CT molecular complexity index is 984. The van der Waals surface area contributed by atoms with Crippen LogP contribution < -0.4 is 20.1 Å². The number of nitrogens with zero attached hydrogens (tertiary/aromatic N) is 3. The van der Waals surface area contributed by atoms with Gasteiger partial charge in [-0.05, 0) is 31.2 Å². The van der Waals surface area contributed by atoms with Gasteiger partial charge in [0.25, 0.3) is 5.91 Å². The molecule has 0 unspecified atom stereocenters. The van der Waals surface area contributed by atoms with E-state index in [9.17, 15) is 4.79 Å². The van der Waals surface area contributed by atoms with Crippen LogP contribution in [-0.2, 0) is 13.6 Å². The summed E-state index contributed by atoms with van der Waals surface area (Å²) in [5.74, 6) is 1.36. The van der Waals surface area contributed by atoms with Crippen molar-refractivity contribution >= 4 is 17.4 Å². The predicted molar refractivity (Wildman–Crippen MR) is 107 cm³/mol. The van der Waals surface area contributed by atoms with Crippen molar-refractivity contribution in [3.63, 3.8) is 0 Å². The van der Waals surface area contributed by atoms with Crippen molar-refractivity contribution in [3.8, 4) is 11.5 Å². The summed E-state index contributed by atoms with van der Waals surface area (Å²) in [7, 11) is 5.00. The molecule has 2 N–H and O–H groups in total. The molecule has 146 valence electrons. The molecule has 0 fully saturated rings. The van der Waals surface area contributed by atoms with E-state index in [-0.39, 0.29) is 5.91 Å². The lowest BCUT2D eigenvalue weighted by Crippen LogP contribution is -2.16. The fraction of sp³-hybridized carbons (Fsp3) is 0.250. The Morgan fingerprint density at radius 3 is 2.71 bits per heavy atom. The molecule has 0 aliphatic rings. The lowest BCUT2D eigenvalue weighted by Gasteiger charge is -2.14. The van der Waals surface area contributed by atoms with E-state index in [1.807, 2.05) is 14.0 Å². The lowest BCUT2D eigenvalue weighted by atomic mass is 10.2. The third kappa shape index (κ3) is 4.06. The Hall–Kier alpha value is -3.55. The van der Waals surface area contributed by atoms with Crippen molar-refractivity contribution in [2.24, 2.45) is 7.05 Å². The van der Waals surface area contributed by atoms with Crippen LogP contribution in [0.2, 0.25) is 0 Å². The fourth-order valence-electron chi connectivity index (χ4n) is 2.72. The molecular weight excluding hydrogens is 358 g/mol. The molecule has 1 amide bonds. The molecule has 2 heterocycles. The summed E-state index contributed by atoms with van der Waals surface area (Å²) in [5.41, 5.74) is 3.07. The van der Waals surface area contributed by atoms with Gasteiger partial charge in [-0.1, -0.05) is 0 Å². The second-order valence-electron chi connectivity index (χ2n) is 6.15. The highest BCUT2D eigenvalue weighted by Gasteiger charge is 2.15. The Balaban J connectivity index is 1.78. The molecule has 8 nitrogen and oxygen atoms in total. The van der Waals surface area contributed by atoms with Gasteiger partial charge in [0.1, 0.15) is 17.3 Å². The number of carbonyl (C=O) groups excluding carboxylic acids is 1. The topological polar surface area (TPSA) is 90.3 Å². The number of nitrogens with one attached hydrogen (secondary N) is 2. The zero-order valence-corrected chi connectivity index (χ0v) is 16.3. The van der Waals surface area contributed by atoms with E-state index >= 15 is 0 Å². The van der Waals surface area contributed by atoms with Crippen LogP contribution in [0.1, 0.15) is 21.6 Å². The van der Waals surface area contributed by atoms with Crippen LogP contribution in [0.4, 0.5) is 11.5 Å². The predicted octanol–water partition coefficient (Wildman–Crippen LogP) is 3.01. The van der Waals surface area contributed by atoms with Crippen molar-refractivity contribution < 1.29 is 14.3 Å². The number of pyridine rings is 1. The Morgan fingerprint density at radius 2 is 2.04 bits per heavy atom. The van der Waals surface area contributed by atoms with Crippen molar-refractivity contribution in [1.82, 2.24) is 14.8 Å². The van der Waals surface area contributed by atoms with Crippen LogP contribution >= 0.6 is 0 Å². The number of aryl methyl sites for hydroxylation is 1. The Morgan fingerprint density at radius 1 is 1.21 bits per heavy atom. The minimum Gasteiger partial charge on any atom is -0.497 e. The molecule has 3 aromatic rings. The maximum Gasteiger partial charge on any atom is 0.259 e. The van der Waals surface area contributed by atoms with Gasteiger partial charge >= 0.3 is 0 Å². The van der Waals surface area contributed by atoms with E-state index in [2.05, 4.69) is 20.7 Å². The number of aromatic nitrogens is 3. The summed E-state index contributed by atoms with van der Waals surface area (Å²) in [6, 6.07) is 8.64. The number of benzene rings is 1. The molecule has 0 radical (unpaired) electrons. The highest BCUT2D eigenvalue weighted by Crippen LogP contribution is 2.29. The van der Waals surface area contributed by atoms with Crippen molar-refractivity contribution in [1.29, 1.82) is 0 Å². The quantitative estimate of drug-likeness (QED) is 0.654. The van der Waals surface area contributed by atoms with E-state index in [0.717, 1.165) is 11.3 Å². The summed E-state index contributed by atoms with van der Waals surface area (Å²) >= 11 is 0. The molecule has 0 atom stereocenters. The van der Waals surface area contributed by atoms with Gasteiger partial charge in [0.2, 0.25) is 0 Å². The molecule has 1 aromatic carbocycles. The minimum absolute atomic E-state index is 0.290. The number of amides is 1. The normalized spacial score (nSPS) is 10.4. The molecule has 0 aliphatic heterocycles. The standard InChI is InChI=1S/C20H23N5O3/c1-13-14(12-23-25(13)2)11-22-19-16(6-5-9-21-19)20(26)24-17-8-7-15(27-3)10-18(17)28-4/h5-10,12H,11H2,1-4H3,(H,21,22)(H,24,26). The first-order valence-corrected chi connectivity index (χ1v) is 8.73. The maximum absolute atomic E-state index is 12.8. The first-order chi connectivity index (χ1) is 13.5. The average molecular weight is 381 g/mol. The number of anilines is 2. The van der Waals surface area contributed by atoms with Gasteiger partial charge < -0.3 is 20.1 Å². The van der Waals surface area contributed by atoms with Crippen LogP contribution in [0.3, 0.4) is 0 Å². The zero-order chi connectivity index (χ0) is 20.1. The number of ether oxygens (including phenoxy) is 2. The monoisotopic (exact) mass is 381 g/mol. The first kappa shape index (κ1) is 19.2. The lowest BCUT2D eigenvalue weighted by molar-refractivity contribution is 0.102. The average Bonchev–Trinajstić information content (AvgIpc) is 3.04. The van der Waals surface area contributed by atoms with Crippen molar-refractivity contribution in [2.45, 2.75) is 13.5 Å². The molecule has 0 saturated heterocycles. The molecule has 28 heavy (non-hydrogen) atoms. The van der Waals surface area contributed by atoms with Crippen LogP contribution in [0.25, 0.3) is 0 Å². The van der Waals surface area contributed by atoms with Crippen LogP contribution in [-0.4, -0.2) is 34.9 Å². The second-order valence-corrected chi connectivity index (χ2v) is 6.15. The molecule has 3 rings (SSSR count). The third-order valence-corrected chi connectivity index (χ3v) is 4.49. The molecule has 0 spiro atoms. The van der Waals surface area contributed by atoms with Gasteiger partial charge in [-0.2, -0.15) is 5.10 Å². The number of methoxy groups -OCH3 is 2. The molecule has 8 heteroatoms. The highest BCUT2D eigenvalue weighted by atomic mass is 16.5. The molecule has 2 aromatic heterocycles. The zero-order valence-electron chi connectivity index (χ0n) is 16.3. The molecular formula is C20H23N5O3. The van der Waals surface area contributed by atoms with Gasteiger partial charge in [-0.25, -0.2) is 4.98 Å². The molecule has 0 aliphatic carbocycles. The number of carbonyl (C=O) groups is 1. The minimum atomic E-state index is -0.290. The van der Waals surface area contributed by atoms with E-state index < -0.39 is 0 Å². The summed E-state index contributed by atoms with van der Waals surface area (Å²) in [6.07, 6.45) is 3.44. The van der Waals surface area contributed by atoms with Crippen LogP contribution in [0, 0.1) is 6.92 Å². The highest BCUT2D eigenvalue weighted by molar-refractivity contribution is 6.08. The SMILES string of the molecule is COc1ccc(NC(=O)c2cccnc2NCc2cnn(C)c2C)c(OC)c1. The van der Waals surface area contributed by atoms with Gasteiger partial charge in [0.05, 0.1) is 31.7 Å². The second kappa shape index (κ2) is 8.43. The number of hydrogen-bond acceptors (Lipinski definition) is 6. The summed E-state index contributed by atoms with van der Waals surface area (Å²) in [5, 5.41) is 10.3. The van der Waals surface area contributed by atoms with Crippen LogP contribution in [0.5, 0.6) is 11.5 Å². The van der Waals surface area contributed by atoms with E-state index in [0.29, 0.717) is 35.1 Å². The van der Waals surface area contributed by atoms with E-state index in [4.69, 9.17) is 9.47 Å². The largest absolute Gasteiger partial charge is 0.497 e. The van der Waals surface area contributed by atoms with Gasteiger partial charge in [0, 0.05) is 37.1 Å². The summed E-state index contributed by atoms with van der Waals surface area (Å²) < 4.78 is 12.3. The number of rotatable bonds is 7. The van der Waals surface area contributed by atoms with Gasteiger partial charge in [-0.15, -0.1) is 0 Å². The Kier molecular flexibility index (Phi) is 5.78. The van der Waals surface area contributed by atoms with Gasteiger partial charge in [0.15, 0.2) is 0 Å². The smallest absolute Gasteiger partial charge is 0.259 e. The summed E-state index contributed by atoms with van der Waals surface area (Å²) in [6.45, 7) is 2.51. The first-order valence-electron chi connectivity index (χ1n) is 8.73. The fourth-order valence-corrected chi connectivity index (χ4v) is 2.72. The Labute approximate surface area is 163 Å². The van der Waals surface area contributed by atoms with Crippen molar-refractivity contribution in [2.75, 3.05) is 24.9 Å². The number of hydrogen-bond donors (Lipinski definition) is 2. The maximum atomic E-state index is 12.8. The van der Waals surface area contributed by atoms with E-state index in [1.54, 1.807) is 54.5 Å². The summed E-state index contributed by atoms with van der Waals surface area (Å²) in [4.78, 5) is 17.2. The van der Waals surface area contributed by atoms with E-state index in [1.165, 1.54) is 7.11 Å².